The van der Waals surface area contributed by atoms with Crippen LogP contribution < -0.4 is 11.0 Å². The molecule has 0 aliphatic rings. The van der Waals surface area contributed by atoms with E-state index in [1.165, 1.54) is 0 Å². The summed E-state index contributed by atoms with van der Waals surface area (Å²) < 4.78 is 26.1. The maximum Gasteiger partial charge on any atom is 0.333 e. The standard InChI is InChI=1S/C13H9F2N5O2S/c14-12(15)19-6-5-9(17-19)10(21)18-20-11(22)7-3-1-2-4-8(7)16-13(20)23/h1-6,12H,(H,16,23)(H,18,21). The Hall–Kier alpha value is -2.88. The van der Waals surface area contributed by atoms with E-state index in [0.29, 0.717) is 15.6 Å². The van der Waals surface area contributed by atoms with Crippen molar-refractivity contribution >= 4 is 29.0 Å². The maximum absolute atomic E-state index is 12.5. The van der Waals surface area contributed by atoms with E-state index in [2.05, 4.69) is 15.5 Å². The van der Waals surface area contributed by atoms with E-state index in [9.17, 15) is 18.4 Å². The Bertz CT molecular complexity index is 1010. The van der Waals surface area contributed by atoms with Gasteiger partial charge in [0.05, 0.1) is 10.9 Å². The predicted octanol–water partition coefficient (Wildman–Crippen LogP) is 2.03. The number of para-hydroxylation sites is 1. The van der Waals surface area contributed by atoms with Gasteiger partial charge in [0, 0.05) is 6.20 Å². The molecule has 10 heteroatoms. The molecular formula is C13H9F2N5O2S. The molecule has 0 fully saturated rings. The zero-order valence-electron chi connectivity index (χ0n) is 11.4. The van der Waals surface area contributed by atoms with Gasteiger partial charge in [0.2, 0.25) is 0 Å². The summed E-state index contributed by atoms with van der Waals surface area (Å²) >= 11 is 5.03. The van der Waals surface area contributed by atoms with Gasteiger partial charge in [0.1, 0.15) is 0 Å². The molecule has 0 radical (unpaired) electrons. The lowest BCUT2D eigenvalue weighted by Gasteiger charge is -2.08. The van der Waals surface area contributed by atoms with Gasteiger partial charge in [0.15, 0.2) is 10.5 Å². The van der Waals surface area contributed by atoms with Crippen molar-refractivity contribution in [2.45, 2.75) is 6.55 Å². The molecule has 2 heterocycles. The molecule has 118 valence electrons. The summed E-state index contributed by atoms with van der Waals surface area (Å²) in [5.74, 6) is -0.832. The number of nitrogens with zero attached hydrogens (tertiary/aromatic N) is 3. The minimum atomic E-state index is -2.86. The van der Waals surface area contributed by atoms with Gasteiger partial charge in [-0.05, 0) is 30.4 Å². The third kappa shape index (κ3) is 2.75. The van der Waals surface area contributed by atoms with Crippen LogP contribution in [0, 0.1) is 4.77 Å². The highest BCUT2D eigenvalue weighted by atomic mass is 32.1. The van der Waals surface area contributed by atoms with Crippen LogP contribution in [0.15, 0.2) is 41.3 Å². The number of alkyl halides is 2. The summed E-state index contributed by atoms with van der Waals surface area (Å²) in [5, 5.41) is 3.74. The number of aromatic nitrogens is 4. The van der Waals surface area contributed by atoms with Crippen molar-refractivity contribution in [3.63, 3.8) is 0 Å². The van der Waals surface area contributed by atoms with Gasteiger partial charge < -0.3 is 4.98 Å². The molecule has 0 saturated carbocycles. The second kappa shape index (κ2) is 5.72. The van der Waals surface area contributed by atoms with E-state index in [1.807, 2.05) is 0 Å². The largest absolute Gasteiger partial charge is 0.333 e. The Morgan fingerprint density at radius 2 is 2.04 bits per heavy atom. The molecule has 2 aromatic heterocycles. The van der Waals surface area contributed by atoms with E-state index in [0.717, 1.165) is 16.9 Å². The van der Waals surface area contributed by atoms with Gasteiger partial charge in [0.25, 0.3) is 11.5 Å². The number of amides is 1. The van der Waals surface area contributed by atoms with Gasteiger partial charge in [-0.2, -0.15) is 18.6 Å². The summed E-state index contributed by atoms with van der Waals surface area (Å²) in [7, 11) is 0. The molecular weight excluding hydrogens is 328 g/mol. The van der Waals surface area contributed by atoms with Crippen molar-refractivity contribution in [3.05, 3.63) is 57.3 Å². The number of benzene rings is 1. The molecule has 0 aliphatic heterocycles. The van der Waals surface area contributed by atoms with Crippen LogP contribution >= 0.6 is 12.2 Å². The Labute approximate surface area is 132 Å². The normalized spacial score (nSPS) is 11.1. The van der Waals surface area contributed by atoms with E-state index in [1.54, 1.807) is 24.3 Å². The van der Waals surface area contributed by atoms with Gasteiger partial charge in [-0.25, -0.2) is 4.68 Å². The third-order valence-electron chi connectivity index (χ3n) is 3.06. The topological polar surface area (TPSA) is 84.7 Å². The third-order valence-corrected chi connectivity index (χ3v) is 3.34. The Kier molecular flexibility index (Phi) is 3.74. The molecule has 0 atom stereocenters. The molecule has 0 saturated heterocycles. The number of carbonyl (C=O) groups excluding carboxylic acids is 1. The van der Waals surface area contributed by atoms with Crippen molar-refractivity contribution in [3.8, 4) is 0 Å². The quantitative estimate of drug-likeness (QED) is 0.716. The Morgan fingerprint density at radius 1 is 1.30 bits per heavy atom. The first-order valence-electron chi connectivity index (χ1n) is 6.36. The first-order chi connectivity index (χ1) is 11.0. The highest BCUT2D eigenvalue weighted by molar-refractivity contribution is 7.71. The number of hydrogen-bond donors (Lipinski definition) is 2. The van der Waals surface area contributed by atoms with E-state index >= 15 is 0 Å². The lowest BCUT2D eigenvalue weighted by molar-refractivity contribution is 0.0561. The second-order valence-corrected chi connectivity index (χ2v) is 4.90. The predicted molar refractivity (Wildman–Crippen MR) is 80.6 cm³/mol. The lowest BCUT2D eigenvalue weighted by Crippen LogP contribution is -2.34. The molecule has 0 bridgehead atoms. The fourth-order valence-electron chi connectivity index (χ4n) is 1.99. The van der Waals surface area contributed by atoms with E-state index in [4.69, 9.17) is 12.2 Å². The number of nitrogens with one attached hydrogen (secondary N) is 2. The second-order valence-electron chi connectivity index (χ2n) is 4.52. The number of rotatable bonds is 3. The van der Waals surface area contributed by atoms with Crippen LogP contribution in [0.25, 0.3) is 10.9 Å². The van der Waals surface area contributed by atoms with Crippen molar-refractivity contribution < 1.29 is 13.6 Å². The van der Waals surface area contributed by atoms with Crippen LogP contribution in [0.4, 0.5) is 8.78 Å². The molecule has 7 nitrogen and oxygen atoms in total. The first kappa shape index (κ1) is 15.0. The molecule has 23 heavy (non-hydrogen) atoms. The highest BCUT2D eigenvalue weighted by Gasteiger charge is 2.15. The van der Waals surface area contributed by atoms with Crippen LogP contribution in [-0.2, 0) is 0 Å². The molecule has 1 aromatic carbocycles. The van der Waals surface area contributed by atoms with Crippen molar-refractivity contribution in [2.75, 3.05) is 5.43 Å². The van der Waals surface area contributed by atoms with Gasteiger partial charge in [-0.1, -0.05) is 12.1 Å². The number of carbonyl (C=O) groups is 1. The molecule has 3 aromatic rings. The van der Waals surface area contributed by atoms with Crippen molar-refractivity contribution in [1.29, 1.82) is 0 Å². The summed E-state index contributed by atoms with van der Waals surface area (Å²) in [6, 6.07) is 7.74. The Morgan fingerprint density at radius 3 is 2.74 bits per heavy atom. The lowest BCUT2D eigenvalue weighted by atomic mass is 10.2. The van der Waals surface area contributed by atoms with Gasteiger partial charge in [-0.3, -0.25) is 15.0 Å². The highest BCUT2D eigenvalue weighted by Crippen LogP contribution is 2.09. The molecule has 0 spiro atoms. The van der Waals surface area contributed by atoms with Crippen molar-refractivity contribution in [1.82, 2.24) is 19.4 Å². The average Bonchev–Trinajstić information content (AvgIpc) is 3.01. The average molecular weight is 337 g/mol. The van der Waals surface area contributed by atoms with Crippen molar-refractivity contribution in [2.24, 2.45) is 0 Å². The molecule has 0 unspecified atom stereocenters. The van der Waals surface area contributed by atoms with E-state index in [-0.39, 0.29) is 10.5 Å². The zero-order chi connectivity index (χ0) is 16.6. The summed E-state index contributed by atoms with van der Waals surface area (Å²) in [6.07, 6.45) is 0.962. The van der Waals surface area contributed by atoms with Crippen LogP contribution in [0.5, 0.6) is 0 Å². The fraction of sp³-hybridized carbons (Fsp3) is 0.0769. The van der Waals surface area contributed by atoms with Gasteiger partial charge >= 0.3 is 6.55 Å². The molecule has 0 aliphatic carbocycles. The van der Waals surface area contributed by atoms with Crippen LogP contribution in [0.3, 0.4) is 0 Å². The minimum absolute atomic E-state index is 0.0321. The Balaban J connectivity index is 1.99. The van der Waals surface area contributed by atoms with Crippen LogP contribution in [-0.4, -0.2) is 25.3 Å². The maximum atomic E-state index is 12.5. The SMILES string of the molecule is O=C(Nn1c(=S)[nH]c2ccccc2c1=O)c1ccn(C(F)F)n1. The zero-order valence-corrected chi connectivity index (χ0v) is 12.2. The van der Waals surface area contributed by atoms with Gasteiger partial charge in [-0.15, -0.1) is 0 Å². The number of H-pyrrole nitrogens is 1. The number of halogens is 2. The summed E-state index contributed by atoms with van der Waals surface area (Å²) in [4.78, 5) is 27.2. The van der Waals surface area contributed by atoms with E-state index < -0.39 is 18.0 Å². The summed E-state index contributed by atoms with van der Waals surface area (Å²) in [6.45, 7) is -2.86. The smallest absolute Gasteiger partial charge is 0.330 e. The molecule has 1 amide bonds. The first-order valence-corrected chi connectivity index (χ1v) is 6.77. The fourth-order valence-corrected chi connectivity index (χ4v) is 2.23. The monoisotopic (exact) mass is 337 g/mol. The molecule has 3 rings (SSSR count). The number of aromatic amines is 1. The number of hydrogen-bond acceptors (Lipinski definition) is 4. The van der Waals surface area contributed by atoms with Crippen LogP contribution in [0.1, 0.15) is 17.0 Å². The summed E-state index contributed by atoms with van der Waals surface area (Å²) in [5.41, 5.74) is 1.97. The number of fused-ring (bicyclic) bond motifs is 1. The van der Waals surface area contributed by atoms with Crippen LogP contribution in [0.2, 0.25) is 0 Å². The molecule has 2 N–H and O–H groups in total. The minimum Gasteiger partial charge on any atom is -0.330 e.